The number of hydrogen-bond acceptors (Lipinski definition) is 5. The normalized spacial score (nSPS) is 25.2. The van der Waals surface area contributed by atoms with Crippen molar-refractivity contribution >= 4 is 34.2 Å². The van der Waals surface area contributed by atoms with Gasteiger partial charge in [-0.2, -0.15) is 0 Å². The number of carbonyl (C=O) groups is 2. The van der Waals surface area contributed by atoms with Gasteiger partial charge in [0.25, 0.3) is 0 Å². The van der Waals surface area contributed by atoms with Gasteiger partial charge in [-0.1, -0.05) is 12.1 Å². The van der Waals surface area contributed by atoms with Crippen LogP contribution in [0.3, 0.4) is 0 Å². The van der Waals surface area contributed by atoms with E-state index in [2.05, 4.69) is 15.3 Å². The molecule has 2 aliphatic rings. The van der Waals surface area contributed by atoms with Crippen LogP contribution in [0.4, 0.5) is 0 Å². The molecule has 2 aromatic heterocycles. The first kappa shape index (κ1) is 19.2. The highest BCUT2D eigenvalue weighted by Crippen LogP contribution is 2.52. The number of nitrogens with one attached hydrogen (secondary N) is 1. The second-order valence-electron chi connectivity index (χ2n) is 8.32. The molecule has 7 nitrogen and oxygen atoms in total. The number of para-hydroxylation sites is 2. The van der Waals surface area contributed by atoms with Crippen molar-refractivity contribution in [3.8, 4) is 0 Å². The summed E-state index contributed by atoms with van der Waals surface area (Å²) in [6.45, 7) is 0.592. The summed E-state index contributed by atoms with van der Waals surface area (Å²) >= 11 is 1.54. The zero-order valence-electron chi connectivity index (χ0n) is 17.0. The lowest BCUT2D eigenvalue weighted by molar-refractivity contribution is -0.136. The fourth-order valence-corrected chi connectivity index (χ4v) is 6.06. The lowest BCUT2D eigenvalue weighted by Crippen LogP contribution is -2.50. The molecule has 0 saturated carbocycles. The molecule has 0 aliphatic carbocycles. The van der Waals surface area contributed by atoms with E-state index in [4.69, 9.17) is 0 Å². The topological polar surface area (TPSA) is 80.1 Å². The molecule has 8 heteroatoms. The maximum Gasteiger partial charge on any atom is 0.228 e. The van der Waals surface area contributed by atoms with Gasteiger partial charge in [0.2, 0.25) is 11.8 Å². The van der Waals surface area contributed by atoms with Crippen molar-refractivity contribution in [3.63, 3.8) is 0 Å². The zero-order valence-corrected chi connectivity index (χ0v) is 17.8. The summed E-state index contributed by atoms with van der Waals surface area (Å²) in [6.07, 6.45) is 5.37. The first-order chi connectivity index (χ1) is 14.6. The van der Waals surface area contributed by atoms with Gasteiger partial charge >= 0.3 is 0 Å². The van der Waals surface area contributed by atoms with Crippen LogP contribution in [-0.4, -0.2) is 50.4 Å². The molecule has 2 saturated heterocycles. The van der Waals surface area contributed by atoms with Gasteiger partial charge in [0.05, 0.1) is 34.0 Å². The van der Waals surface area contributed by atoms with Gasteiger partial charge in [0.15, 0.2) is 0 Å². The second kappa shape index (κ2) is 7.50. The summed E-state index contributed by atoms with van der Waals surface area (Å²) in [7, 11) is 1.69. The van der Waals surface area contributed by atoms with E-state index in [0.717, 1.165) is 29.6 Å². The predicted molar refractivity (Wildman–Crippen MR) is 115 cm³/mol. The van der Waals surface area contributed by atoms with Crippen molar-refractivity contribution in [1.29, 1.82) is 0 Å². The molecule has 0 spiro atoms. The van der Waals surface area contributed by atoms with Crippen LogP contribution in [0, 0.1) is 5.41 Å². The van der Waals surface area contributed by atoms with Gasteiger partial charge in [-0.05, 0) is 31.4 Å². The highest BCUT2D eigenvalue weighted by Gasteiger charge is 2.60. The molecule has 2 aliphatic heterocycles. The molecule has 156 valence electrons. The van der Waals surface area contributed by atoms with Crippen LogP contribution in [0.5, 0.6) is 0 Å². The van der Waals surface area contributed by atoms with Crippen molar-refractivity contribution < 1.29 is 9.59 Å². The average molecular weight is 424 g/mol. The molecule has 5 rings (SSSR count). The van der Waals surface area contributed by atoms with Crippen LogP contribution in [0.15, 0.2) is 41.5 Å². The molecule has 3 atom stereocenters. The van der Waals surface area contributed by atoms with E-state index in [1.807, 2.05) is 39.1 Å². The second-order valence-corrected chi connectivity index (χ2v) is 9.04. The predicted octanol–water partition coefficient (Wildman–Crippen LogP) is 2.62. The van der Waals surface area contributed by atoms with E-state index < -0.39 is 5.41 Å². The van der Waals surface area contributed by atoms with Crippen LogP contribution < -0.4 is 5.32 Å². The zero-order chi connectivity index (χ0) is 20.7. The van der Waals surface area contributed by atoms with Crippen molar-refractivity contribution in [1.82, 2.24) is 24.8 Å². The van der Waals surface area contributed by atoms with E-state index in [9.17, 15) is 9.59 Å². The standard InChI is InChI=1S/C22H25N5O2S/c1-23-21(29)22(10-15-12-30-14-25-15)11-16-6-7-19(22)27(16)20(28)8-9-26-13-24-17-4-2-3-5-18(17)26/h2-5,12-14,16,19H,6-11H2,1H3,(H,23,29)/t16-,19+,22+/m1/s1. The number of aryl methyl sites for hydroxylation is 1. The van der Waals surface area contributed by atoms with Crippen molar-refractivity contribution in [2.45, 2.75) is 50.7 Å². The van der Waals surface area contributed by atoms with Gasteiger partial charge in [0.1, 0.15) is 0 Å². The van der Waals surface area contributed by atoms with Gasteiger partial charge in [-0.25, -0.2) is 9.97 Å². The number of thiazole rings is 1. The number of hydrogen-bond donors (Lipinski definition) is 1. The minimum atomic E-state index is -0.580. The quantitative estimate of drug-likeness (QED) is 0.661. The Balaban J connectivity index is 1.35. The van der Waals surface area contributed by atoms with Gasteiger partial charge < -0.3 is 14.8 Å². The molecule has 4 heterocycles. The Morgan fingerprint density at radius 2 is 2.13 bits per heavy atom. The van der Waals surface area contributed by atoms with Crippen LogP contribution in [-0.2, 0) is 22.6 Å². The number of amides is 2. The van der Waals surface area contributed by atoms with Crippen LogP contribution in [0.25, 0.3) is 11.0 Å². The number of rotatable bonds is 6. The largest absolute Gasteiger partial charge is 0.359 e. The van der Waals surface area contributed by atoms with Crippen molar-refractivity contribution in [2.75, 3.05) is 7.05 Å². The fraction of sp³-hybridized carbons (Fsp3) is 0.455. The maximum absolute atomic E-state index is 13.3. The number of aromatic nitrogens is 3. The minimum absolute atomic E-state index is 0.0288. The third kappa shape index (κ3) is 3.01. The molecule has 1 N–H and O–H groups in total. The van der Waals surface area contributed by atoms with Crippen LogP contribution >= 0.6 is 11.3 Å². The molecule has 30 heavy (non-hydrogen) atoms. The SMILES string of the molecule is CNC(=O)[C@@]1(Cc2cscn2)C[C@H]2CC[C@@H]1N2C(=O)CCn1cnc2ccccc21. The number of benzene rings is 1. The molecule has 3 aromatic rings. The monoisotopic (exact) mass is 423 g/mol. The van der Waals surface area contributed by atoms with Gasteiger partial charge in [-0.3, -0.25) is 9.59 Å². The molecule has 2 amide bonds. The number of fused-ring (bicyclic) bond motifs is 3. The Kier molecular flexibility index (Phi) is 4.81. The summed E-state index contributed by atoms with van der Waals surface area (Å²) in [5.74, 6) is 0.158. The fourth-order valence-electron chi connectivity index (χ4n) is 5.50. The highest BCUT2D eigenvalue weighted by atomic mass is 32.1. The third-order valence-corrected chi connectivity index (χ3v) is 7.42. The lowest BCUT2D eigenvalue weighted by atomic mass is 9.70. The third-order valence-electron chi connectivity index (χ3n) is 6.78. The van der Waals surface area contributed by atoms with E-state index in [-0.39, 0.29) is 23.9 Å². The van der Waals surface area contributed by atoms with Crippen molar-refractivity contribution in [2.24, 2.45) is 5.41 Å². The first-order valence-corrected chi connectivity index (χ1v) is 11.4. The van der Waals surface area contributed by atoms with E-state index in [1.54, 1.807) is 30.2 Å². The van der Waals surface area contributed by atoms with Crippen molar-refractivity contribution in [3.05, 3.63) is 47.2 Å². The van der Waals surface area contributed by atoms with Crippen LogP contribution in [0.2, 0.25) is 0 Å². The summed E-state index contributed by atoms with van der Waals surface area (Å²) in [6, 6.07) is 8.03. The number of carbonyl (C=O) groups excluding carboxylic acids is 2. The molecule has 0 radical (unpaired) electrons. The summed E-state index contributed by atoms with van der Waals surface area (Å²) < 4.78 is 2.03. The Labute approximate surface area is 179 Å². The average Bonchev–Trinajstić information content (AvgIpc) is 3.55. The van der Waals surface area contributed by atoms with Crippen LogP contribution in [0.1, 0.15) is 31.4 Å². The Morgan fingerprint density at radius 3 is 2.93 bits per heavy atom. The lowest BCUT2D eigenvalue weighted by Gasteiger charge is -2.35. The molecular formula is C22H25N5O2S. The summed E-state index contributed by atoms with van der Waals surface area (Å²) in [5.41, 5.74) is 4.14. The number of nitrogens with zero attached hydrogens (tertiary/aromatic N) is 4. The number of imidazole rings is 1. The molecule has 0 unspecified atom stereocenters. The Morgan fingerprint density at radius 1 is 1.27 bits per heavy atom. The van der Waals surface area contributed by atoms with Gasteiger partial charge in [0, 0.05) is 43.9 Å². The first-order valence-electron chi connectivity index (χ1n) is 10.4. The molecule has 2 fully saturated rings. The van der Waals surface area contributed by atoms with E-state index in [0.29, 0.717) is 25.8 Å². The highest BCUT2D eigenvalue weighted by molar-refractivity contribution is 7.07. The van der Waals surface area contributed by atoms with E-state index >= 15 is 0 Å². The maximum atomic E-state index is 13.3. The Bertz CT molecular complexity index is 1080. The molecule has 1 aromatic carbocycles. The molecular weight excluding hydrogens is 398 g/mol. The summed E-state index contributed by atoms with van der Waals surface area (Å²) in [5, 5.41) is 4.87. The van der Waals surface area contributed by atoms with E-state index in [1.165, 1.54) is 0 Å². The smallest absolute Gasteiger partial charge is 0.228 e. The van der Waals surface area contributed by atoms with Gasteiger partial charge in [-0.15, -0.1) is 11.3 Å². The summed E-state index contributed by atoms with van der Waals surface area (Å²) in [4.78, 5) is 37.2. The molecule has 2 bridgehead atoms. The minimum Gasteiger partial charge on any atom is -0.359 e. The Hall–Kier alpha value is -2.74.